The lowest BCUT2D eigenvalue weighted by molar-refractivity contribution is -0.137. The number of carboxylic acids is 1. The van der Waals surface area contributed by atoms with Crippen molar-refractivity contribution in [3.8, 4) is 0 Å². The van der Waals surface area contributed by atoms with Crippen LogP contribution in [0.15, 0.2) is 18.2 Å². The van der Waals surface area contributed by atoms with Crippen LogP contribution < -0.4 is 5.32 Å². The number of halogens is 1. The van der Waals surface area contributed by atoms with Crippen molar-refractivity contribution in [2.45, 2.75) is 45.8 Å². The Labute approximate surface area is 125 Å². The Morgan fingerprint density at radius 3 is 2.57 bits per heavy atom. The van der Waals surface area contributed by atoms with Gasteiger partial charge >= 0.3 is 5.97 Å². The molecule has 4 nitrogen and oxygen atoms in total. The van der Waals surface area contributed by atoms with Crippen molar-refractivity contribution < 1.29 is 19.4 Å². The third-order valence-corrected chi connectivity index (χ3v) is 3.36. The molecule has 3 N–H and O–H groups in total. The van der Waals surface area contributed by atoms with Crippen LogP contribution in [-0.2, 0) is 4.79 Å². The van der Waals surface area contributed by atoms with Gasteiger partial charge < -0.3 is 15.5 Å². The van der Waals surface area contributed by atoms with E-state index in [1.807, 2.05) is 13.8 Å². The third kappa shape index (κ3) is 5.81. The minimum Gasteiger partial charge on any atom is -0.481 e. The number of benzene rings is 1. The second-order valence-electron chi connectivity index (χ2n) is 5.79. The molecular formula is C16H24FNO3. The van der Waals surface area contributed by atoms with Gasteiger partial charge in [-0.25, -0.2) is 4.39 Å². The molecule has 0 heterocycles. The Hall–Kier alpha value is -1.46. The summed E-state index contributed by atoms with van der Waals surface area (Å²) >= 11 is 0. The summed E-state index contributed by atoms with van der Waals surface area (Å²) in [5.74, 6) is -0.823. The van der Waals surface area contributed by atoms with Crippen LogP contribution in [0.25, 0.3) is 0 Å². The first-order valence-corrected chi connectivity index (χ1v) is 7.20. The molecule has 0 aromatic heterocycles. The Morgan fingerprint density at radius 1 is 1.38 bits per heavy atom. The predicted molar refractivity (Wildman–Crippen MR) is 79.6 cm³/mol. The maximum Gasteiger partial charge on any atom is 0.303 e. The first-order valence-electron chi connectivity index (χ1n) is 7.20. The molecule has 0 aliphatic carbocycles. The summed E-state index contributed by atoms with van der Waals surface area (Å²) in [5.41, 5.74) is 1.06. The molecule has 0 amide bonds. The van der Waals surface area contributed by atoms with Gasteiger partial charge in [0, 0.05) is 12.5 Å². The fraction of sp³-hybridized carbons (Fsp3) is 0.562. The normalized spacial score (nSPS) is 14.2. The first kappa shape index (κ1) is 17.6. The quantitative estimate of drug-likeness (QED) is 0.690. The van der Waals surface area contributed by atoms with Crippen LogP contribution in [0.1, 0.15) is 43.9 Å². The van der Waals surface area contributed by atoms with Gasteiger partial charge in [-0.05, 0) is 43.0 Å². The van der Waals surface area contributed by atoms with Crippen LogP contribution >= 0.6 is 0 Å². The van der Waals surface area contributed by atoms with Gasteiger partial charge in [-0.15, -0.1) is 0 Å². The fourth-order valence-corrected chi connectivity index (χ4v) is 2.12. The number of aliphatic hydroxyl groups excluding tert-OH is 1. The number of hydrogen-bond acceptors (Lipinski definition) is 3. The molecule has 1 aromatic carbocycles. The van der Waals surface area contributed by atoms with Crippen LogP contribution in [0.4, 0.5) is 4.39 Å². The number of hydrogen-bond donors (Lipinski definition) is 3. The number of aliphatic hydroxyl groups is 1. The first-order chi connectivity index (χ1) is 9.81. The minimum atomic E-state index is -0.895. The summed E-state index contributed by atoms with van der Waals surface area (Å²) in [6, 6.07) is 4.10. The van der Waals surface area contributed by atoms with E-state index in [9.17, 15) is 14.3 Å². The molecule has 0 radical (unpaired) electrons. The maximum atomic E-state index is 13.3. The lowest BCUT2D eigenvalue weighted by Crippen LogP contribution is -2.37. The van der Waals surface area contributed by atoms with E-state index in [2.05, 4.69) is 5.32 Å². The van der Waals surface area contributed by atoms with E-state index in [0.717, 1.165) is 0 Å². The smallest absolute Gasteiger partial charge is 0.303 e. The Morgan fingerprint density at radius 2 is 2.05 bits per heavy atom. The average Bonchev–Trinajstić information content (AvgIpc) is 2.40. The zero-order chi connectivity index (χ0) is 16.0. The molecule has 0 spiro atoms. The summed E-state index contributed by atoms with van der Waals surface area (Å²) in [5, 5.41) is 22.5. The third-order valence-electron chi connectivity index (χ3n) is 3.36. The number of carbonyl (C=O) groups is 1. The van der Waals surface area contributed by atoms with Gasteiger partial charge in [0.05, 0.1) is 6.10 Å². The molecule has 0 aliphatic rings. The van der Waals surface area contributed by atoms with Crippen molar-refractivity contribution in [3.63, 3.8) is 0 Å². The van der Waals surface area contributed by atoms with Crippen LogP contribution in [0.3, 0.4) is 0 Å². The molecule has 2 atom stereocenters. The number of carboxylic acid groups (broad SMARTS) is 1. The molecule has 5 heteroatoms. The molecule has 0 aliphatic heterocycles. The highest BCUT2D eigenvalue weighted by atomic mass is 19.1. The second-order valence-corrected chi connectivity index (χ2v) is 5.79. The summed E-state index contributed by atoms with van der Waals surface area (Å²) in [6.07, 6.45) is -0.561. The molecule has 0 saturated carbocycles. The van der Waals surface area contributed by atoms with Gasteiger partial charge in [0.15, 0.2) is 0 Å². The van der Waals surface area contributed by atoms with Crippen molar-refractivity contribution in [1.29, 1.82) is 0 Å². The zero-order valence-corrected chi connectivity index (χ0v) is 12.8. The van der Waals surface area contributed by atoms with Crippen molar-refractivity contribution in [2.24, 2.45) is 5.92 Å². The van der Waals surface area contributed by atoms with E-state index in [-0.39, 0.29) is 18.3 Å². The number of nitrogens with one attached hydrogen (secondary N) is 1. The largest absolute Gasteiger partial charge is 0.481 e. The van der Waals surface area contributed by atoms with Gasteiger partial charge in [-0.3, -0.25) is 4.79 Å². The molecule has 1 rings (SSSR count). The molecule has 0 saturated heterocycles. The predicted octanol–water partition coefficient (Wildman–Crippen LogP) is 2.65. The zero-order valence-electron chi connectivity index (χ0n) is 12.8. The van der Waals surface area contributed by atoms with Gasteiger partial charge in [0.2, 0.25) is 0 Å². The van der Waals surface area contributed by atoms with Crippen molar-refractivity contribution in [3.05, 3.63) is 35.1 Å². The molecule has 118 valence electrons. The summed E-state index contributed by atoms with van der Waals surface area (Å²) in [6.45, 7) is 6.40. The highest BCUT2D eigenvalue weighted by Gasteiger charge is 2.22. The Kier molecular flexibility index (Phi) is 6.78. The fourth-order valence-electron chi connectivity index (χ4n) is 2.12. The minimum absolute atomic E-state index is 0.0208. The molecular weight excluding hydrogens is 273 g/mol. The van der Waals surface area contributed by atoms with Gasteiger partial charge in [0.1, 0.15) is 5.82 Å². The number of aliphatic carboxylic acids is 1. The van der Waals surface area contributed by atoms with Gasteiger partial charge in [-0.1, -0.05) is 26.0 Å². The summed E-state index contributed by atoms with van der Waals surface area (Å²) in [7, 11) is 0. The topological polar surface area (TPSA) is 69.6 Å². The lowest BCUT2D eigenvalue weighted by Gasteiger charge is -2.25. The van der Waals surface area contributed by atoms with Crippen molar-refractivity contribution >= 4 is 5.97 Å². The maximum absolute atomic E-state index is 13.3. The van der Waals surface area contributed by atoms with E-state index in [1.165, 1.54) is 12.1 Å². The summed E-state index contributed by atoms with van der Waals surface area (Å²) in [4.78, 5) is 10.7. The molecule has 0 bridgehead atoms. The van der Waals surface area contributed by atoms with Gasteiger partial charge in [-0.2, -0.15) is 0 Å². The SMILES string of the molecule is Cc1cc(C(O)C(CCC(=O)O)NCC(C)C)ccc1F. The highest BCUT2D eigenvalue weighted by Crippen LogP contribution is 2.22. The van der Waals surface area contributed by atoms with Crippen LogP contribution in [0.5, 0.6) is 0 Å². The molecule has 2 unspecified atom stereocenters. The molecule has 1 aromatic rings. The molecule has 0 fully saturated rings. The van der Waals surface area contributed by atoms with Crippen LogP contribution in [0, 0.1) is 18.7 Å². The summed E-state index contributed by atoms with van der Waals surface area (Å²) < 4.78 is 13.3. The van der Waals surface area contributed by atoms with E-state index in [4.69, 9.17) is 5.11 Å². The average molecular weight is 297 g/mol. The monoisotopic (exact) mass is 297 g/mol. The van der Waals surface area contributed by atoms with Crippen LogP contribution in [-0.4, -0.2) is 28.8 Å². The number of rotatable bonds is 8. The Bertz CT molecular complexity index is 477. The Balaban J connectivity index is 2.83. The van der Waals surface area contributed by atoms with Crippen LogP contribution in [0.2, 0.25) is 0 Å². The van der Waals surface area contributed by atoms with E-state index in [0.29, 0.717) is 30.0 Å². The van der Waals surface area contributed by atoms with E-state index >= 15 is 0 Å². The van der Waals surface area contributed by atoms with Crippen molar-refractivity contribution in [2.75, 3.05) is 6.54 Å². The standard InChI is InChI=1S/C16H24FNO3/c1-10(2)9-18-14(6-7-15(19)20)16(21)12-4-5-13(17)11(3)8-12/h4-5,8,10,14,16,18,21H,6-7,9H2,1-3H3,(H,19,20). The number of aryl methyl sites for hydroxylation is 1. The highest BCUT2D eigenvalue weighted by molar-refractivity contribution is 5.66. The molecule has 21 heavy (non-hydrogen) atoms. The van der Waals surface area contributed by atoms with Gasteiger partial charge in [0.25, 0.3) is 0 Å². The van der Waals surface area contributed by atoms with E-state index in [1.54, 1.807) is 13.0 Å². The van der Waals surface area contributed by atoms with E-state index < -0.39 is 12.1 Å². The lowest BCUT2D eigenvalue weighted by atomic mass is 9.96. The second kappa shape index (κ2) is 8.10. The van der Waals surface area contributed by atoms with Crippen molar-refractivity contribution in [1.82, 2.24) is 5.32 Å².